The molecule has 0 fully saturated rings. The molecule has 0 aliphatic heterocycles. The third-order valence-electron chi connectivity index (χ3n) is 4.05. The summed E-state index contributed by atoms with van der Waals surface area (Å²) >= 11 is 0. The molecule has 3 rings (SSSR count). The molecular weight excluding hydrogens is 310 g/mol. The quantitative estimate of drug-likeness (QED) is 0.700. The van der Waals surface area contributed by atoms with E-state index in [0.717, 1.165) is 28.0 Å². The summed E-state index contributed by atoms with van der Waals surface area (Å²) in [7, 11) is 0. The van der Waals surface area contributed by atoms with Crippen molar-refractivity contribution in [1.29, 1.82) is 0 Å². The fourth-order valence-electron chi connectivity index (χ4n) is 2.77. The lowest BCUT2D eigenvalue weighted by atomic mass is 9.96. The van der Waals surface area contributed by atoms with Gasteiger partial charge in [0, 0.05) is 6.42 Å². The Morgan fingerprint density at radius 2 is 1.64 bits per heavy atom. The normalized spacial score (nSPS) is 10.4. The van der Waals surface area contributed by atoms with Crippen LogP contribution in [0.5, 0.6) is 5.75 Å². The maximum atomic E-state index is 11.1. The molecule has 0 radical (unpaired) electrons. The Balaban J connectivity index is 1.78. The maximum absolute atomic E-state index is 11.1. The smallest absolute Gasteiger partial charge is 0.217 e. The third kappa shape index (κ3) is 4.70. The predicted molar refractivity (Wildman–Crippen MR) is 100 cm³/mol. The van der Waals surface area contributed by atoms with E-state index in [1.807, 2.05) is 66.7 Å². The van der Waals surface area contributed by atoms with Crippen LogP contribution in [0, 0.1) is 0 Å². The van der Waals surface area contributed by atoms with Crippen LogP contribution in [-0.2, 0) is 17.8 Å². The number of benzene rings is 3. The van der Waals surface area contributed by atoms with E-state index in [0.29, 0.717) is 19.4 Å². The van der Waals surface area contributed by atoms with Crippen molar-refractivity contribution in [2.75, 3.05) is 0 Å². The van der Waals surface area contributed by atoms with Crippen molar-refractivity contribution in [1.82, 2.24) is 0 Å². The van der Waals surface area contributed by atoms with Crippen LogP contribution < -0.4 is 10.5 Å². The Hall–Kier alpha value is -3.07. The molecule has 2 N–H and O–H groups in total. The topological polar surface area (TPSA) is 52.3 Å². The molecule has 25 heavy (non-hydrogen) atoms. The Morgan fingerprint density at radius 3 is 2.44 bits per heavy atom. The van der Waals surface area contributed by atoms with Crippen molar-refractivity contribution < 1.29 is 9.53 Å². The molecule has 0 aliphatic rings. The lowest BCUT2D eigenvalue weighted by Crippen LogP contribution is -2.11. The number of amides is 1. The van der Waals surface area contributed by atoms with Gasteiger partial charge >= 0.3 is 0 Å². The van der Waals surface area contributed by atoms with Gasteiger partial charge in [0.1, 0.15) is 12.4 Å². The molecule has 126 valence electrons. The minimum atomic E-state index is -0.283. The van der Waals surface area contributed by atoms with Gasteiger partial charge in [-0.3, -0.25) is 4.79 Å². The molecule has 0 aliphatic carbocycles. The van der Waals surface area contributed by atoms with Gasteiger partial charge in [-0.25, -0.2) is 0 Å². The van der Waals surface area contributed by atoms with Gasteiger partial charge in [0.25, 0.3) is 0 Å². The zero-order chi connectivity index (χ0) is 17.5. The number of rotatable bonds is 7. The van der Waals surface area contributed by atoms with Crippen molar-refractivity contribution in [3.05, 3.63) is 90.0 Å². The molecular formula is C22H21NO2. The van der Waals surface area contributed by atoms with Gasteiger partial charge in [0.05, 0.1) is 0 Å². The van der Waals surface area contributed by atoms with Crippen LogP contribution >= 0.6 is 0 Å². The van der Waals surface area contributed by atoms with Crippen LogP contribution in [0.3, 0.4) is 0 Å². The molecule has 1 amide bonds. The number of aryl methyl sites for hydroxylation is 1. The zero-order valence-electron chi connectivity index (χ0n) is 14.0. The summed E-state index contributed by atoms with van der Waals surface area (Å²) in [5.41, 5.74) is 9.72. The Kier molecular flexibility index (Phi) is 5.47. The van der Waals surface area contributed by atoms with E-state index in [1.165, 1.54) is 0 Å². The second kappa shape index (κ2) is 8.15. The van der Waals surface area contributed by atoms with E-state index < -0.39 is 0 Å². The van der Waals surface area contributed by atoms with Crippen molar-refractivity contribution in [3.8, 4) is 16.9 Å². The summed E-state index contributed by atoms with van der Waals surface area (Å²) in [6.45, 7) is 0.535. The SMILES string of the molecule is NC(=O)CCc1ccccc1-c1cccc(OCc2ccccc2)c1. The first-order valence-corrected chi connectivity index (χ1v) is 8.36. The minimum Gasteiger partial charge on any atom is -0.489 e. The monoisotopic (exact) mass is 331 g/mol. The number of hydrogen-bond acceptors (Lipinski definition) is 2. The van der Waals surface area contributed by atoms with Crippen LogP contribution in [0.1, 0.15) is 17.5 Å². The molecule has 3 heteroatoms. The number of primary amides is 1. The largest absolute Gasteiger partial charge is 0.489 e. The standard InChI is InChI=1S/C22H21NO2/c23-22(24)14-13-18-9-4-5-12-21(18)19-10-6-11-20(15-19)25-16-17-7-2-1-3-8-17/h1-12,15H,13-14,16H2,(H2,23,24). The molecule has 0 spiro atoms. The average Bonchev–Trinajstić information content (AvgIpc) is 2.66. The first kappa shape index (κ1) is 16.8. The molecule has 0 saturated heterocycles. The molecule has 3 aromatic rings. The molecule has 0 aromatic heterocycles. The molecule has 0 heterocycles. The Bertz CT molecular complexity index is 843. The van der Waals surface area contributed by atoms with E-state index >= 15 is 0 Å². The fourth-order valence-corrected chi connectivity index (χ4v) is 2.77. The van der Waals surface area contributed by atoms with Crippen LogP contribution in [0.2, 0.25) is 0 Å². The Morgan fingerprint density at radius 1 is 0.880 bits per heavy atom. The van der Waals surface area contributed by atoms with Gasteiger partial charge in [-0.1, -0.05) is 66.7 Å². The van der Waals surface area contributed by atoms with Crippen molar-refractivity contribution in [2.24, 2.45) is 5.73 Å². The highest BCUT2D eigenvalue weighted by molar-refractivity contribution is 5.75. The lowest BCUT2D eigenvalue weighted by molar-refractivity contribution is -0.117. The van der Waals surface area contributed by atoms with Crippen molar-refractivity contribution in [2.45, 2.75) is 19.4 Å². The summed E-state index contributed by atoms with van der Waals surface area (Å²) in [5, 5.41) is 0. The highest BCUT2D eigenvalue weighted by Gasteiger charge is 2.07. The maximum Gasteiger partial charge on any atom is 0.217 e. The average molecular weight is 331 g/mol. The number of carbonyl (C=O) groups excluding carboxylic acids is 1. The van der Waals surface area contributed by atoms with E-state index in [-0.39, 0.29) is 5.91 Å². The molecule has 0 unspecified atom stereocenters. The summed E-state index contributed by atoms with van der Waals surface area (Å²) < 4.78 is 5.92. The van der Waals surface area contributed by atoms with Crippen LogP contribution in [0.15, 0.2) is 78.9 Å². The van der Waals surface area contributed by atoms with Crippen molar-refractivity contribution >= 4 is 5.91 Å². The lowest BCUT2D eigenvalue weighted by Gasteiger charge is -2.11. The zero-order valence-corrected chi connectivity index (χ0v) is 14.0. The van der Waals surface area contributed by atoms with E-state index in [4.69, 9.17) is 10.5 Å². The molecule has 0 saturated carbocycles. The van der Waals surface area contributed by atoms with Crippen molar-refractivity contribution in [3.63, 3.8) is 0 Å². The summed E-state index contributed by atoms with van der Waals surface area (Å²) in [5.74, 6) is 0.542. The summed E-state index contributed by atoms with van der Waals surface area (Å²) in [6.07, 6.45) is 0.988. The summed E-state index contributed by atoms with van der Waals surface area (Å²) in [4.78, 5) is 11.1. The first-order chi connectivity index (χ1) is 12.2. The van der Waals surface area contributed by atoms with Gasteiger partial charge in [0.15, 0.2) is 0 Å². The first-order valence-electron chi connectivity index (χ1n) is 8.36. The number of hydrogen-bond donors (Lipinski definition) is 1. The van der Waals surface area contributed by atoms with Gasteiger partial charge in [-0.2, -0.15) is 0 Å². The third-order valence-corrected chi connectivity index (χ3v) is 4.05. The number of ether oxygens (including phenoxy) is 1. The minimum absolute atomic E-state index is 0.283. The van der Waals surface area contributed by atoms with E-state index in [2.05, 4.69) is 12.1 Å². The Labute approximate surface area is 148 Å². The number of nitrogens with two attached hydrogens (primary N) is 1. The highest BCUT2D eigenvalue weighted by atomic mass is 16.5. The molecule has 3 nitrogen and oxygen atoms in total. The second-order valence-electron chi connectivity index (χ2n) is 5.93. The molecule has 0 atom stereocenters. The van der Waals surface area contributed by atoms with Gasteiger partial charge < -0.3 is 10.5 Å². The van der Waals surface area contributed by atoms with Gasteiger partial charge in [-0.05, 0) is 40.8 Å². The summed E-state index contributed by atoms with van der Waals surface area (Å²) in [6, 6.07) is 26.2. The molecule has 3 aromatic carbocycles. The van der Waals surface area contributed by atoms with Crippen LogP contribution in [0.25, 0.3) is 11.1 Å². The van der Waals surface area contributed by atoms with E-state index in [9.17, 15) is 4.79 Å². The van der Waals surface area contributed by atoms with Gasteiger partial charge in [0.2, 0.25) is 5.91 Å². The highest BCUT2D eigenvalue weighted by Crippen LogP contribution is 2.28. The van der Waals surface area contributed by atoms with Crippen LogP contribution in [-0.4, -0.2) is 5.91 Å². The number of carbonyl (C=O) groups is 1. The van der Waals surface area contributed by atoms with E-state index in [1.54, 1.807) is 0 Å². The molecule has 0 bridgehead atoms. The second-order valence-corrected chi connectivity index (χ2v) is 5.93. The van der Waals surface area contributed by atoms with Crippen LogP contribution in [0.4, 0.5) is 0 Å². The fraction of sp³-hybridized carbons (Fsp3) is 0.136. The predicted octanol–water partition coefficient (Wildman–Crippen LogP) is 4.35. The van der Waals surface area contributed by atoms with Gasteiger partial charge in [-0.15, -0.1) is 0 Å².